The fourth-order valence-corrected chi connectivity index (χ4v) is 3.58. The fourth-order valence-electron chi connectivity index (χ4n) is 2.59. The Hall–Kier alpha value is -2.67. The van der Waals surface area contributed by atoms with Gasteiger partial charge in [0.05, 0.1) is 17.2 Å². The zero-order chi connectivity index (χ0) is 17.9. The van der Waals surface area contributed by atoms with E-state index in [4.69, 9.17) is 4.74 Å². The minimum atomic E-state index is -0.208. The average Bonchev–Trinajstić information content (AvgIpc) is 3.20. The van der Waals surface area contributed by atoms with Crippen LogP contribution in [0.1, 0.15) is 45.5 Å². The summed E-state index contributed by atoms with van der Waals surface area (Å²) >= 11 is 1.68. The Morgan fingerprint density at radius 1 is 1.35 bits per heavy atom. The topological polar surface area (TPSA) is 69.0 Å². The zero-order valence-corrected chi connectivity index (χ0v) is 15.3. The van der Waals surface area contributed by atoms with E-state index in [1.54, 1.807) is 28.3 Å². The molecule has 1 N–H and O–H groups in total. The molecule has 26 heavy (non-hydrogen) atoms. The van der Waals surface area contributed by atoms with E-state index in [0.29, 0.717) is 18.2 Å². The number of thiazole rings is 1. The Balaban J connectivity index is 1.30. The number of amides is 1. The van der Waals surface area contributed by atoms with Crippen molar-refractivity contribution in [2.75, 3.05) is 0 Å². The van der Waals surface area contributed by atoms with Gasteiger partial charge in [-0.1, -0.05) is 18.2 Å². The van der Waals surface area contributed by atoms with E-state index in [-0.39, 0.29) is 12.6 Å². The summed E-state index contributed by atoms with van der Waals surface area (Å²) in [5.74, 6) is 1.25. The van der Waals surface area contributed by atoms with Gasteiger partial charge in [0, 0.05) is 17.5 Å². The van der Waals surface area contributed by atoms with Crippen molar-refractivity contribution >= 4 is 17.2 Å². The molecule has 4 rings (SSSR count). The molecule has 0 bridgehead atoms. The van der Waals surface area contributed by atoms with Gasteiger partial charge in [-0.15, -0.1) is 11.3 Å². The predicted octanol–water partition coefficient (Wildman–Crippen LogP) is 3.49. The Morgan fingerprint density at radius 3 is 3.00 bits per heavy atom. The number of benzene rings is 1. The van der Waals surface area contributed by atoms with Gasteiger partial charge in [0.1, 0.15) is 11.4 Å². The van der Waals surface area contributed by atoms with Crippen LogP contribution in [0.15, 0.2) is 41.9 Å². The van der Waals surface area contributed by atoms with Crippen LogP contribution in [-0.2, 0) is 13.3 Å². The molecule has 1 fully saturated rings. The summed E-state index contributed by atoms with van der Waals surface area (Å²) in [6.07, 6.45) is 4.21. The number of carbonyl (C=O) groups is 1. The molecule has 0 aliphatic heterocycles. The van der Waals surface area contributed by atoms with Gasteiger partial charge in [0.2, 0.25) is 0 Å². The molecule has 1 saturated carbocycles. The van der Waals surface area contributed by atoms with Crippen molar-refractivity contribution in [3.63, 3.8) is 0 Å². The summed E-state index contributed by atoms with van der Waals surface area (Å²) in [6.45, 7) is 2.67. The lowest BCUT2D eigenvalue weighted by atomic mass is 10.2. The summed E-state index contributed by atoms with van der Waals surface area (Å²) in [5.41, 5.74) is 2.34. The van der Waals surface area contributed by atoms with Crippen molar-refractivity contribution < 1.29 is 9.53 Å². The van der Waals surface area contributed by atoms with Gasteiger partial charge in [-0.05, 0) is 37.5 Å². The highest BCUT2D eigenvalue weighted by molar-refractivity contribution is 7.09. The molecule has 2 heterocycles. The van der Waals surface area contributed by atoms with Crippen molar-refractivity contribution in [2.45, 2.75) is 39.0 Å². The number of ether oxygens (including phenoxy) is 1. The smallest absolute Gasteiger partial charge is 0.272 e. The maximum Gasteiger partial charge on any atom is 0.272 e. The van der Waals surface area contributed by atoms with Crippen LogP contribution in [0, 0.1) is 6.92 Å². The van der Waals surface area contributed by atoms with Crippen molar-refractivity contribution in [1.29, 1.82) is 0 Å². The third kappa shape index (κ3) is 3.94. The molecule has 1 aliphatic rings. The first-order valence-electron chi connectivity index (χ1n) is 8.63. The van der Waals surface area contributed by atoms with Crippen LogP contribution in [0.3, 0.4) is 0 Å². The summed E-state index contributed by atoms with van der Waals surface area (Å²) in [6, 6.07) is 9.49. The molecule has 0 spiro atoms. The van der Waals surface area contributed by atoms with Crippen molar-refractivity contribution in [2.24, 2.45) is 0 Å². The first-order chi connectivity index (χ1) is 12.7. The Morgan fingerprint density at radius 2 is 2.19 bits per heavy atom. The van der Waals surface area contributed by atoms with E-state index in [1.165, 1.54) is 17.8 Å². The Kier molecular flexibility index (Phi) is 4.71. The fraction of sp³-hybridized carbons (Fsp3) is 0.316. The normalized spacial score (nSPS) is 13.6. The van der Waals surface area contributed by atoms with Crippen molar-refractivity contribution in [3.05, 3.63) is 63.9 Å². The average molecular weight is 368 g/mol. The highest BCUT2D eigenvalue weighted by Gasteiger charge is 2.26. The summed E-state index contributed by atoms with van der Waals surface area (Å²) < 4.78 is 7.34. The quantitative estimate of drug-likeness (QED) is 0.693. The van der Waals surface area contributed by atoms with Crippen LogP contribution < -0.4 is 10.1 Å². The van der Waals surface area contributed by atoms with Gasteiger partial charge in [0.25, 0.3) is 5.91 Å². The minimum absolute atomic E-state index is 0.208. The van der Waals surface area contributed by atoms with Gasteiger partial charge in [0.15, 0.2) is 6.73 Å². The molecule has 1 aliphatic carbocycles. The maximum absolute atomic E-state index is 12.3. The largest absolute Gasteiger partial charge is 0.471 e. The number of aromatic nitrogens is 3. The minimum Gasteiger partial charge on any atom is -0.471 e. The van der Waals surface area contributed by atoms with E-state index in [0.717, 1.165) is 17.0 Å². The number of carbonyl (C=O) groups excluding carboxylic acids is 1. The predicted molar refractivity (Wildman–Crippen MR) is 99.3 cm³/mol. The summed E-state index contributed by atoms with van der Waals surface area (Å²) in [5, 5.41) is 10.3. The molecule has 0 unspecified atom stereocenters. The lowest BCUT2D eigenvalue weighted by molar-refractivity contribution is 0.0943. The molecular weight excluding hydrogens is 348 g/mol. The van der Waals surface area contributed by atoms with Crippen LogP contribution in [0.2, 0.25) is 0 Å². The number of hydrogen-bond acceptors (Lipinski definition) is 5. The van der Waals surface area contributed by atoms with Crippen LogP contribution in [0.4, 0.5) is 0 Å². The summed E-state index contributed by atoms with van der Waals surface area (Å²) in [4.78, 5) is 16.8. The van der Waals surface area contributed by atoms with E-state index >= 15 is 0 Å². The molecule has 1 aromatic carbocycles. The standard InChI is InChI=1S/C19H20N4O2S/c1-13-4-2-3-5-17(13)25-12-23-9-8-16(22-23)18(24)20-10-15-11-26-19(21-15)14-6-7-14/h2-5,8-9,11,14H,6-7,10,12H2,1H3,(H,20,24). The van der Waals surface area contributed by atoms with Gasteiger partial charge >= 0.3 is 0 Å². The molecule has 6 nitrogen and oxygen atoms in total. The van der Waals surface area contributed by atoms with Crippen molar-refractivity contribution in [3.8, 4) is 5.75 Å². The third-order valence-electron chi connectivity index (χ3n) is 4.25. The van der Waals surface area contributed by atoms with Gasteiger partial charge in [-0.3, -0.25) is 4.79 Å². The molecular formula is C19H20N4O2S. The second-order valence-electron chi connectivity index (χ2n) is 6.41. The Bertz CT molecular complexity index is 914. The lowest BCUT2D eigenvalue weighted by Gasteiger charge is -2.08. The number of nitrogens with zero attached hydrogens (tertiary/aromatic N) is 3. The first kappa shape index (κ1) is 16.8. The molecule has 2 aromatic heterocycles. The monoisotopic (exact) mass is 368 g/mol. The van der Waals surface area contributed by atoms with Crippen LogP contribution in [0.25, 0.3) is 0 Å². The first-order valence-corrected chi connectivity index (χ1v) is 9.51. The van der Waals surface area contributed by atoms with E-state index in [1.807, 2.05) is 36.6 Å². The van der Waals surface area contributed by atoms with Gasteiger partial charge in [-0.2, -0.15) is 5.10 Å². The summed E-state index contributed by atoms with van der Waals surface area (Å²) in [7, 11) is 0. The number of hydrogen-bond donors (Lipinski definition) is 1. The zero-order valence-electron chi connectivity index (χ0n) is 14.5. The number of rotatable bonds is 7. The molecule has 134 valence electrons. The highest BCUT2D eigenvalue weighted by atomic mass is 32.1. The molecule has 3 aromatic rings. The maximum atomic E-state index is 12.3. The number of nitrogens with one attached hydrogen (secondary N) is 1. The lowest BCUT2D eigenvalue weighted by Crippen LogP contribution is -2.23. The Labute approximate surface area is 155 Å². The number of aryl methyl sites for hydroxylation is 1. The van der Waals surface area contributed by atoms with Crippen LogP contribution in [-0.4, -0.2) is 20.7 Å². The second-order valence-corrected chi connectivity index (χ2v) is 7.30. The molecule has 0 radical (unpaired) electrons. The second kappa shape index (κ2) is 7.29. The molecule has 1 amide bonds. The van der Waals surface area contributed by atoms with E-state index in [9.17, 15) is 4.79 Å². The van der Waals surface area contributed by atoms with Gasteiger partial charge in [-0.25, -0.2) is 9.67 Å². The third-order valence-corrected chi connectivity index (χ3v) is 5.30. The SMILES string of the molecule is Cc1ccccc1OCn1ccc(C(=O)NCc2csc(C3CC3)n2)n1. The van der Waals surface area contributed by atoms with E-state index in [2.05, 4.69) is 15.4 Å². The van der Waals surface area contributed by atoms with Crippen LogP contribution >= 0.6 is 11.3 Å². The molecule has 0 saturated heterocycles. The van der Waals surface area contributed by atoms with Crippen molar-refractivity contribution in [1.82, 2.24) is 20.1 Å². The van der Waals surface area contributed by atoms with Gasteiger partial charge < -0.3 is 10.1 Å². The molecule has 7 heteroatoms. The molecule has 0 atom stereocenters. The van der Waals surface area contributed by atoms with E-state index < -0.39 is 0 Å². The number of para-hydroxylation sites is 1. The highest BCUT2D eigenvalue weighted by Crippen LogP contribution is 2.41. The van der Waals surface area contributed by atoms with Crippen LogP contribution in [0.5, 0.6) is 5.75 Å².